The van der Waals surface area contributed by atoms with Gasteiger partial charge in [-0.1, -0.05) is 36.4 Å². The minimum atomic E-state index is -0.905. The van der Waals surface area contributed by atoms with E-state index in [0.717, 1.165) is 0 Å². The Bertz CT molecular complexity index is 1540. The Balaban J connectivity index is 1.64. The third-order valence-corrected chi connectivity index (χ3v) is 6.42. The maximum Gasteiger partial charge on any atom is 0.296 e. The summed E-state index contributed by atoms with van der Waals surface area (Å²) in [6, 6.07) is 25.7. The Hall–Kier alpha value is -5.11. The second kappa shape index (κ2) is 11.1. The molecule has 4 aromatic rings. The summed E-state index contributed by atoms with van der Waals surface area (Å²) in [5.41, 5.74) is 1.39. The van der Waals surface area contributed by atoms with Crippen LogP contribution in [0.5, 0.6) is 23.0 Å². The van der Waals surface area contributed by atoms with E-state index in [2.05, 4.69) is 4.98 Å². The molecule has 0 bridgehead atoms. The largest absolute Gasteiger partial charge is 0.507 e. The number of pyridine rings is 1. The zero-order valence-corrected chi connectivity index (χ0v) is 21.4. The fourth-order valence-electron chi connectivity index (χ4n) is 4.57. The van der Waals surface area contributed by atoms with Gasteiger partial charge in [0, 0.05) is 12.3 Å². The number of nitrogens with zero attached hydrogens (tertiary/aromatic N) is 2. The van der Waals surface area contributed by atoms with Crippen LogP contribution in [0, 0.1) is 0 Å². The van der Waals surface area contributed by atoms with Crippen LogP contribution >= 0.6 is 0 Å². The molecular formula is C31H26N2O6. The van der Waals surface area contributed by atoms with Gasteiger partial charge in [0.1, 0.15) is 28.8 Å². The number of para-hydroxylation sites is 1. The molecule has 39 heavy (non-hydrogen) atoms. The Labute approximate surface area is 225 Å². The van der Waals surface area contributed by atoms with Crippen molar-refractivity contribution in [2.45, 2.75) is 12.6 Å². The lowest BCUT2D eigenvalue weighted by Crippen LogP contribution is -2.29. The van der Waals surface area contributed by atoms with Gasteiger partial charge in [-0.25, -0.2) is 0 Å². The molecule has 1 fully saturated rings. The van der Waals surface area contributed by atoms with Crippen LogP contribution in [-0.2, 0) is 16.1 Å². The van der Waals surface area contributed by atoms with Crippen molar-refractivity contribution in [2.24, 2.45) is 0 Å². The second-order valence-corrected chi connectivity index (χ2v) is 8.80. The molecule has 1 aliphatic heterocycles. The predicted molar refractivity (Wildman–Crippen MR) is 145 cm³/mol. The Morgan fingerprint density at radius 2 is 1.62 bits per heavy atom. The van der Waals surface area contributed by atoms with Crippen LogP contribution in [0.25, 0.3) is 5.76 Å². The minimum absolute atomic E-state index is 0.0590. The normalized spacial score (nSPS) is 16.3. The van der Waals surface area contributed by atoms with Crippen LogP contribution in [-0.4, -0.2) is 40.9 Å². The number of hydrogen-bond acceptors (Lipinski definition) is 7. The predicted octanol–water partition coefficient (Wildman–Crippen LogP) is 5.51. The third kappa shape index (κ3) is 5.17. The lowest BCUT2D eigenvalue weighted by atomic mass is 9.94. The van der Waals surface area contributed by atoms with E-state index in [9.17, 15) is 14.7 Å². The highest BCUT2D eigenvalue weighted by atomic mass is 16.5. The molecule has 196 valence electrons. The molecule has 1 aromatic heterocycles. The van der Waals surface area contributed by atoms with Crippen LogP contribution in [0.2, 0.25) is 0 Å². The Kier molecular flexibility index (Phi) is 7.27. The number of ether oxygens (including phenoxy) is 3. The molecule has 8 heteroatoms. The molecule has 1 atom stereocenters. The van der Waals surface area contributed by atoms with Crippen LogP contribution < -0.4 is 14.2 Å². The fraction of sp³-hybridized carbons (Fsp3) is 0.129. The lowest BCUT2D eigenvalue weighted by molar-refractivity contribution is -0.140. The van der Waals surface area contributed by atoms with Gasteiger partial charge in [-0.05, 0) is 54.1 Å². The number of amides is 1. The first-order valence-electron chi connectivity index (χ1n) is 12.2. The number of aliphatic hydroxyl groups is 1. The summed E-state index contributed by atoms with van der Waals surface area (Å²) in [5.74, 6) is 0.0683. The molecular weight excluding hydrogens is 496 g/mol. The number of likely N-dealkylation sites (tertiary alicyclic amines) is 1. The average Bonchev–Trinajstić information content (AvgIpc) is 3.22. The molecule has 8 nitrogen and oxygen atoms in total. The van der Waals surface area contributed by atoms with Gasteiger partial charge in [0.25, 0.3) is 11.7 Å². The van der Waals surface area contributed by atoms with Gasteiger partial charge < -0.3 is 24.2 Å². The van der Waals surface area contributed by atoms with Gasteiger partial charge >= 0.3 is 0 Å². The van der Waals surface area contributed by atoms with E-state index < -0.39 is 17.7 Å². The Morgan fingerprint density at radius 1 is 0.846 bits per heavy atom. The standard InChI is InChI=1S/C31H26N2O6/c1-37-23-14-15-25(26(18-23)38-2)29(34)27-28(33(31(36)30(27)35)19-21-10-6-7-16-32-21)20-9-8-13-24(17-20)39-22-11-4-3-5-12-22/h3-18,28,34H,19H2,1-2H3/b29-27+. The van der Waals surface area contributed by atoms with E-state index in [-0.39, 0.29) is 23.4 Å². The number of aliphatic hydroxyl groups excluding tert-OH is 1. The number of aromatic nitrogens is 1. The van der Waals surface area contributed by atoms with Crippen molar-refractivity contribution < 1.29 is 28.9 Å². The SMILES string of the molecule is COc1ccc(/C(O)=C2\C(=O)C(=O)N(Cc3ccccn3)C2c2cccc(Oc3ccccc3)c2)c(OC)c1. The second-order valence-electron chi connectivity index (χ2n) is 8.80. The van der Waals surface area contributed by atoms with Gasteiger partial charge in [-0.3, -0.25) is 14.6 Å². The van der Waals surface area contributed by atoms with Gasteiger partial charge in [0.15, 0.2) is 0 Å². The van der Waals surface area contributed by atoms with Gasteiger partial charge in [-0.2, -0.15) is 0 Å². The monoisotopic (exact) mass is 522 g/mol. The van der Waals surface area contributed by atoms with Crippen molar-refractivity contribution in [2.75, 3.05) is 14.2 Å². The quantitative estimate of drug-likeness (QED) is 0.185. The maximum absolute atomic E-state index is 13.5. The maximum atomic E-state index is 13.5. The van der Waals surface area contributed by atoms with E-state index in [1.54, 1.807) is 60.8 Å². The molecule has 0 saturated carbocycles. The smallest absolute Gasteiger partial charge is 0.296 e. The number of benzene rings is 3. The van der Waals surface area contributed by atoms with Crippen LogP contribution in [0.1, 0.15) is 22.9 Å². The number of carbonyl (C=O) groups is 2. The van der Waals surface area contributed by atoms with Crippen LogP contribution in [0.15, 0.2) is 103 Å². The highest BCUT2D eigenvalue weighted by molar-refractivity contribution is 6.46. The molecule has 5 rings (SSSR count). The Morgan fingerprint density at radius 3 is 2.33 bits per heavy atom. The lowest BCUT2D eigenvalue weighted by Gasteiger charge is -2.25. The van der Waals surface area contributed by atoms with Crippen LogP contribution in [0.4, 0.5) is 0 Å². The summed E-state index contributed by atoms with van der Waals surface area (Å²) >= 11 is 0. The van der Waals surface area contributed by atoms with Crippen molar-refractivity contribution in [3.63, 3.8) is 0 Å². The first kappa shape index (κ1) is 25.5. The van der Waals surface area contributed by atoms with Crippen molar-refractivity contribution >= 4 is 17.4 Å². The molecule has 0 radical (unpaired) electrons. The number of hydrogen-bond donors (Lipinski definition) is 1. The first-order chi connectivity index (χ1) is 19.0. The topological polar surface area (TPSA) is 98.2 Å². The van der Waals surface area contributed by atoms with Crippen molar-refractivity contribution in [3.8, 4) is 23.0 Å². The molecule has 1 amide bonds. The zero-order valence-electron chi connectivity index (χ0n) is 21.4. The molecule has 1 unspecified atom stereocenters. The van der Waals surface area contributed by atoms with E-state index in [0.29, 0.717) is 34.3 Å². The molecule has 3 aromatic carbocycles. The summed E-state index contributed by atoms with van der Waals surface area (Å²) < 4.78 is 16.7. The van der Waals surface area contributed by atoms with Crippen LogP contribution in [0.3, 0.4) is 0 Å². The molecule has 1 saturated heterocycles. The summed E-state index contributed by atoms with van der Waals surface area (Å²) in [6.07, 6.45) is 1.62. The van der Waals surface area contributed by atoms with E-state index in [4.69, 9.17) is 14.2 Å². The number of carbonyl (C=O) groups excluding carboxylic acids is 2. The average molecular weight is 523 g/mol. The van der Waals surface area contributed by atoms with Crippen molar-refractivity contribution in [3.05, 3.63) is 120 Å². The minimum Gasteiger partial charge on any atom is -0.507 e. The summed E-state index contributed by atoms with van der Waals surface area (Å²) in [7, 11) is 2.97. The molecule has 2 heterocycles. The summed E-state index contributed by atoms with van der Waals surface area (Å²) in [6.45, 7) is 0.0659. The highest BCUT2D eigenvalue weighted by Gasteiger charge is 2.46. The summed E-state index contributed by atoms with van der Waals surface area (Å²) in [4.78, 5) is 32.6. The first-order valence-corrected chi connectivity index (χ1v) is 12.2. The van der Waals surface area contributed by atoms with Gasteiger partial charge in [0.05, 0.1) is 43.6 Å². The number of rotatable bonds is 8. The number of ketones is 1. The van der Waals surface area contributed by atoms with Gasteiger partial charge in [0.2, 0.25) is 0 Å². The summed E-state index contributed by atoms with van der Waals surface area (Å²) in [5, 5.41) is 11.5. The van der Waals surface area contributed by atoms with E-state index in [1.807, 2.05) is 36.4 Å². The molecule has 0 spiro atoms. The van der Waals surface area contributed by atoms with Crippen molar-refractivity contribution in [1.29, 1.82) is 0 Å². The molecule has 1 N–H and O–H groups in total. The van der Waals surface area contributed by atoms with E-state index >= 15 is 0 Å². The van der Waals surface area contributed by atoms with Crippen molar-refractivity contribution in [1.82, 2.24) is 9.88 Å². The highest BCUT2D eigenvalue weighted by Crippen LogP contribution is 2.43. The molecule has 0 aliphatic carbocycles. The number of methoxy groups -OCH3 is 2. The van der Waals surface area contributed by atoms with E-state index in [1.165, 1.54) is 19.1 Å². The fourth-order valence-corrected chi connectivity index (χ4v) is 4.57. The number of Topliss-reactive ketones (excluding diaryl/α,β-unsaturated/α-hetero) is 1. The van der Waals surface area contributed by atoms with Gasteiger partial charge in [-0.15, -0.1) is 0 Å². The molecule has 1 aliphatic rings. The third-order valence-electron chi connectivity index (χ3n) is 6.42. The zero-order chi connectivity index (χ0) is 27.4.